The molecule has 5 N–H and O–H groups in total. The first-order valence-corrected chi connectivity index (χ1v) is 11.8. The Kier molecular flexibility index (Phi) is 6.06. The van der Waals surface area contributed by atoms with E-state index in [1.54, 1.807) is 0 Å². The molecule has 0 spiro atoms. The fraction of sp³-hybridized carbons (Fsp3) is 1.00. The molecule has 0 aromatic heterocycles. The zero-order chi connectivity index (χ0) is 19.0. The minimum atomic E-state index is -3.35. The van der Waals surface area contributed by atoms with E-state index in [2.05, 4.69) is 30.9 Å². The van der Waals surface area contributed by atoms with Gasteiger partial charge in [0, 0.05) is 57.8 Å². The van der Waals surface area contributed by atoms with E-state index in [1.165, 1.54) is 6.42 Å². The third-order valence-electron chi connectivity index (χ3n) is 6.81. The normalized spacial score (nSPS) is 41.7. The molecule has 4 aliphatic rings. The highest BCUT2D eigenvalue weighted by Crippen LogP contribution is 2.31. The maximum Gasteiger partial charge on any atom is 0.216 e. The number of likely N-dealkylation sites (N-methyl/N-ethyl adjacent to an activating group) is 1. The first-order valence-electron chi connectivity index (χ1n) is 10.3. The van der Waals surface area contributed by atoms with Crippen LogP contribution < -0.4 is 20.9 Å². The van der Waals surface area contributed by atoms with Crippen molar-refractivity contribution >= 4 is 10.0 Å². The lowest BCUT2D eigenvalue weighted by atomic mass is 9.82. The second-order valence-corrected chi connectivity index (χ2v) is 10.6. The summed E-state index contributed by atoms with van der Waals surface area (Å²) in [5, 5.41) is 16.5. The van der Waals surface area contributed by atoms with E-state index in [4.69, 9.17) is 0 Å². The number of fused-ring (bicyclic) bond motifs is 1. The minimum absolute atomic E-state index is 0.00275. The fourth-order valence-corrected chi connectivity index (χ4v) is 6.87. The van der Waals surface area contributed by atoms with Crippen LogP contribution in [0.15, 0.2) is 0 Å². The van der Waals surface area contributed by atoms with Crippen molar-refractivity contribution in [3.63, 3.8) is 0 Å². The Labute approximate surface area is 162 Å². The molecular formula is C17H34N6O3S. The zero-order valence-electron chi connectivity index (χ0n) is 16.1. The van der Waals surface area contributed by atoms with Gasteiger partial charge in [-0.2, -0.15) is 0 Å². The molecule has 0 radical (unpaired) electrons. The van der Waals surface area contributed by atoms with Gasteiger partial charge in [0.05, 0.1) is 11.4 Å². The molecule has 4 fully saturated rings. The van der Waals surface area contributed by atoms with Gasteiger partial charge >= 0.3 is 0 Å². The van der Waals surface area contributed by atoms with E-state index >= 15 is 0 Å². The van der Waals surface area contributed by atoms with Gasteiger partial charge < -0.3 is 5.11 Å². The van der Waals surface area contributed by atoms with Crippen molar-refractivity contribution in [2.75, 3.05) is 39.8 Å². The Morgan fingerprint density at radius 3 is 2.67 bits per heavy atom. The van der Waals surface area contributed by atoms with Crippen molar-refractivity contribution in [1.82, 2.24) is 30.9 Å². The number of piperidine rings is 1. The quantitative estimate of drug-likeness (QED) is 0.374. The summed E-state index contributed by atoms with van der Waals surface area (Å²) in [4.78, 5) is 0. The van der Waals surface area contributed by atoms with Gasteiger partial charge in [0.1, 0.15) is 0 Å². The number of nitrogens with one attached hydrogen (secondary N) is 4. The lowest BCUT2D eigenvalue weighted by Gasteiger charge is -2.39. The van der Waals surface area contributed by atoms with Crippen LogP contribution in [0.3, 0.4) is 0 Å². The van der Waals surface area contributed by atoms with Crippen LogP contribution in [-0.4, -0.2) is 86.9 Å². The number of rotatable bonds is 5. The molecule has 9 nitrogen and oxygen atoms in total. The smallest absolute Gasteiger partial charge is 0.216 e. The molecule has 3 aliphatic heterocycles. The van der Waals surface area contributed by atoms with Crippen molar-refractivity contribution in [3.8, 4) is 0 Å². The average Bonchev–Trinajstić information content (AvgIpc) is 3.29. The van der Waals surface area contributed by atoms with Gasteiger partial charge in [-0.3, -0.25) is 16.2 Å². The summed E-state index contributed by atoms with van der Waals surface area (Å²) < 4.78 is 29.1. The topological polar surface area (TPSA) is 109 Å². The summed E-state index contributed by atoms with van der Waals surface area (Å²) >= 11 is 0. The number of aliphatic hydroxyl groups is 1. The number of aliphatic hydroxyl groups excluding tert-OH is 1. The molecule has 0 amide bonds. The molecule has 3 saturated heterocycles. The molecule has 10 heteroatoms. The minimum Gasteiger partial charge on any atom is -0.396 e. The Morgan fingerprint density at radius 1 is 1.11 bits per heavy atom. The van der Waals surface area contributed by atoms with Gasteiger partial charge in [-0.05, 0) is 31.6 Å². The highest BCUT2D eigenvalue weighted by atomic mass is 32.2. The lowest BCUT2D eigenvalue weighted by Crippen LogP contribution is -2.59. The van der Waals surface area contributed by atoms with E-state index in [0.717, 1.165) is 38.9 Å². The monoisotopic (exact) mass is 402 g/mol. The molecule has 6 unspecified atom stereocenters. The van der Waals surface area contributed by atoms with Crippen LogP contribution in [0.25, 0.3) is 0 Å². The summed E-state index contributed by atoms with van der Waals surface area (Å²) in [5.41, 5.74) is 6.67. The highest BCUT2D eigenvalue weighted by molar-refractivity contribution is 7.90. The van der Waals surface area contributed by atoms with E-state index in [9.17, 15) is 13.5 Å². The third kappa shape index (κ3) is 4.18. The number of sulfonamides is 1. The van der Waals surface area contributed by atoms with Crippen molar-refractivity contribution in [2.45, 2.75) is 55.6 Å². The number of nitrogens with zero attached hydrogens (tertiary/aromatic N) is 2. The number of hydrogen-bond acceptors (Lipinski definition) is 8. The summed E-state index contributed by atoms with van der Waals surface area (Å²) in [5.74, 6) is 0.789. The van der Waals surface area contributed by atoms with Gasteiger partial charge in [-0.25, -0.2) is 23.2 Å². The third-order valence-corrected chi connectivity index (χ3v) is 8.72. The summed E-state index contributed by atoms with van der Waals surface area (Å²) in [6.45, 7) is 3.18. The molecule has 1 saturated carbocycles. The maximum absolute atomic E-state index is 13.0. The van der Waals surface area contributed by atoms with Crippen LogP contribution >= 0.6 is 0 Å². The summed E-state index contributed by atoms with van der Waals surface area (Å²) in [6, 6.07) is 0.249. The van der Waals surface area contributed by atoms with Crippen LogP contribution in [0.5, 0.6) is 0 Å². The zero-order valence-corrected chi connectivity index (χ0v) is 16.9. The summed E-state index contributed by atoms with van der Waals surface area (Å²) in [7, 11) is -1.33. The molecular weight excluding hydrogens is 368 g/mol. The standard InChI is InChI=1S/C17H34N6O3S/c1-22-17-13(8-19-22)3-2-4-15(17)21-27(25,26)14-5-6-16(18-9-14)23-10-12(11-24)7-20-23/h12-21,24H,2-11H2,1H3. The Bertz CT molecular complexity index is 610. The number of hydrogen-bond donors (Lipinski definition) is 5. The average molecular weight is 403 g/mol. The second kappa shape index (κ2) is 8.19. The van der Waals surface area contributed by atoms with Crippen molar-refractivity contribution in [1.29, 1.82) is 0 Å². The molecule has 156 valence electrons. The van der Waals surface area contributed by atoms with Gasteiger partial charge in [-0.1, -0.05) is 6.42 Å². The first kappa shape index (κ1) is 20.0. The van der Waals surface area contributed by atoms with Crippen LogP contribution in [0.4, 0.5) is 0 Å². The molecule has 0 aromatic carbocycles. The van der Waals surface area contributed by atoms with Crippen LogP contribution in [0.1, 0.15) is 32.1 Å². The van der Waals surface area contributed by atoms with Crippen molar-refractivity contribution in [2.24, 2.45) is 11.8 Å². The molecule has 4 rings (SSSR count). The molecule has 27 heavy (non-hydrogen) atoms. The first-order chi connectivity index (χ1) is 13.0. The van der Waals surface area contributed by atoms with Gasteiger partial charge in [0.2, 0.25) is 10.0 Å². The van der Waals surface area contributed by atoms with Crippen LogP contribution in [0, 0.1) is 11.8 Å². The van der Waals surface area contributed by atoms with Crippen molar-refractivity contribution in [3.05, 3.63) is 0 Å². The second-order valence-electron chi connectivity index (χ2n) is 8.61. The van der Waals surface area contributed by atoms with Crippen LogP contribution in [-0.2, 0) is 10.0 Å². The molecule has 0 aromatic rings. The summed E-state index contributed by atoms with van der Waals surface area (Å²) in [6.07, 6.45) is 4.75. The molecule has 3 heterocycles. The van der Waals surface area contributed by atoms with Crippen molar-refractivity contribution < 1.29 is 13.5 Å². The predicted molar refractivity (Wildman–Crippen MR) is 103 cm³/mol. The predicted octanol–water partition coefficient (Wildman–Crippen LogP) is -1.60. The fourth-order valence-electron chi connectivity index (χ4n) is 5.24. The number of hydrazine groups is 2. The highest BCUT2D eigenvalue weighted by Gasteiger charge is 2.43. The van der Waals surface area contributed by atoms with E-state index in [0.29, 0.717) is 18.9 Å². The molecule has 0 bridgehead atoms. The Balaban J connectivity index is 1.32. The van der Waals surface area contributed by atoms with Crippen LogP contribution in [0.2, 0.25) is 0 Å². The largest absolute Gasteiger partial charge is 0.396 e. The van der Waals surface area contributed by atoms with Gasteiger partial charge in [-0.15, -0.1) is 0 Å². The maximum atomic E-state index is 13.0. The molecule has 6 atom stereocenters. The lowest BCUT2D eigenvalue weighted by molar-refractivity contribution is 0.112. The molecule has 1 aliphatic carbocycles. The Morgan fingerprint density at radius 2 is 1.96 bits per heavy atom. The van der Waals surface area contributed by atoms with E-state index in [-0.39, 0.29) is 36.0 Å². The van der Waals surface area contributed by atoms with Gasteiger partial charge in [0.15, 0.2) is 0 Å². The van der Waals surface area contributed by atoms with E-state index < -0.39 is 10.0 Å². The van der Waals surface area contributed by atoms with Gasteiger partial charge in [0.25, 0.3) is 0 Å². The SMILES string of the molecule is CN1NCC2CCCC(NS(=O)(=O)C3CCC(N4CC(CO)CN4)NC3)C21. The Hall–Kier alpha value is -0.330. The van der Waals surface area contributed by atoms with E-state index in [1.807, 2.05) is 7.05 Å².